The Labute approximate surface area is 342 Å². The average molecular weight is 876 g/mol. The van der Waals surface area contributed by atoms with Crippen LogP contribution >= 0.6 is 11.6 Å². The molecule has 7 rings (SSSR count). The van der Waals surface area contributed by atoms with Crippen molar-refractivity contribution < 1.29 is 39.4 Å². The van der Waals surface area contributed by atoms with E-state index >= 15 is 0 Å². The van der Waals surface area contributed by atoms with Crippen LogP contribution in [0.1, 0.15) is 80.0 Å². The average Bonchev–Trinajstić information content (AvgIpc) is 4.06. The first kappa shape index (κ1) is 42.1. The van der Waals surface area contributed by atoms with Gasteiger partial charge in [0.25, 0.3) is 0 Å². The van der Waals surface area contributed by atoms with Gasteiger partial charge in [0.1, 0.15) is 34.4 Å². The zero-order valence-corrected chi connectivity index (χ0v) is 34.6. The summed E-state index contributed by atoms with van der Waals surface area (Å²) in [5, 5.41) is 7.46. The minimum atomic E-state index is -4.76. The summed E-state index contributed by atoms with van der Waals surface area (Å²) in [6.07, 6.45) is -0.570. The molecule has 0 bridgehead atoms. The number of carbonyl (C=O) groups is 1. The molecule has 2 saturated carbocycles. The second-order valence-corrected chi connectivity index (χ2v) is 20.9. The van der Waals surface area contributed by atoms with Gasteiger partial charge in [-0.3, -0.25) is 14.2 Å². The van der Waals surface area contributed by atoms with Gasteiger partial charge < -0.3 is 9.88 Å². The Morgan fingerprint density at radius 3 is 2.29 bits per heavy atom. The van der Waals surface area contributed by atoms with Crippen molar-refractivity contribution in [3.8, 4) is 23.0 Å². The van der Waals surface area contributed by atoms with E-state index in [0.717, 1.165) is 22.9 Å². The number of hydrogen-bond donors (Lipinski definition) is 2. The molecule has 5 aromatic rings. The van der Waals surface area contributed by atoms with Gasteiger partial charge in [0.05, 0.1) is 32.9 Å². The molecule has 2 fully saturated rings. The third-order valence-electron chi connectivity index (χ3n) is 10.0. The van der Waals surface area contributed by atoms with Gasteiger partial charge in [-0.1, -0.05) is 23.6 Å². The van der Waals surface area contributed by atoms with Crippen molar-refractivity contribution in [1.29, 1.82) is 0 Å². The summed E-state index contributed by atoms with van der Waals surface area (Å²) in [6, 6.07) is 8.03. The molecule has 19 heteroatoms. The second kappa shape index (κ2) is 15.2. The number of carbonyl (C=O) groups excluding carboxylic acids is 1. The molecule has 1 amide bonds. The number of sulfone groups is 1. The number of hydrogen-bond acceptors (Lipinski definition) is 7. The fourth-order valence-corrected chi connectivity index (χ4v) is 9.50. The van der Waals surface area contributed by atoms with Crippen LogP contribution in [0.15, 0.2) is 48.7 Å². The van der Waals surface area contributed by atoms with Crippen molar-refractivity contribution in [3.63, 3.8) is 0 Å². The predicted octanol–water partition coefficient (Wildman–Crippen LogP) is 7.14. The lowest BCUT2D eigenvalue weighted by molar-refractivity contribution is -0.141. The van der Waals surface area contributed by atoms with Crippen LogP contribution in [0.4, 0.5) is 27.8 Å². The summed E-state index contributed by atoms with van der Waals surface area (Å²) in [5.41, 5.74) is 0.391. The van der Waals surface area contributed by atoms with Crippen LogP contribution in [0, 0.1) is 23.5 Å². The minimum absolute atomic E-state index is 0.0910. The number of pyridine rings is 1. The highest BCUT2D eigenvalue weighted by molar-refractivity contribution is 8.00. The number of amides is 1. The first-order valence-corrected chi connectivity index (χ1v) is 22.5. The Bertz CT molecular complexity index is 2780. The van der Waals surface area contributed by atoms with E-state index in [-0.39, 0.29) is 46.0 Å². The predicted molar refractivity (Wildman–Crippen MR) is 217 cm³/mol. The van der Waals surface area contributed by atoms with E-state index in [1.165, 1.54) is 24.8 Å². The first-order valence-electron chi connectivity index (χ1n) is 18.4. The third kappa shape index (κ3) is 9.12. The lowest BCUT2D eigenvalue weighted by Gasteiger charge is -2.23. The summed E-state index contributed by atoms with van der Waals surface area (Å²) in [5.74, 6) is 6.85. The number of aryl methyl sites for hydroxylation is 1. The van der Waals surface area contributed by atoms with Gasteiger partial charge in [-0.25, -0.2) is 31.4 Å². The topological polar surface area (TPSA) is 141 Å². The zero-order valence-electron chi connectivity index (χ0n) is 32.3. The normalized spacial score (nSPS) is 16.3. The number of benzene rings is 2. The maximum Gasteiger partial charge on any atom is 0.434 e. The molecule has 3 heterocycles. The zero-order chi connectivity index (χ0) is 42.8. The van der Waals surface area contributed by atoms with Gasteiger partial charge in [0, 0.05) is 52.3 Å². The Morgan fingerprint density at radius 2 is 1.68 bits per heavy atom. The molecule has 0 radical (unpaired) electrons. The van der Waals surface area contributed by atoms with Crippen molar-refractivity contribution in [2.45, 2.75) is 80.6 Å². The van der Waals surface area contributed by atoms with Gasteiger partial charge in [0.15, 0.2) is 21.3 Å². The van der Waals surface area contributed by atoms with Crippen molar-refractivity contribution >= 4 is 59.6 Å². The van der Waals surface area contributed by atoms with Crippen LogP contribution in [-0.4, -0.2) is 65.0 Å². The molecule has 1 unspecified atom stereocenters. The molecule has 3 aromatic heterocycles. The Morgan fingerprint density at radius 1 is 1.02 bits per heavy atom. The van der Waals surface area contributed by atoms with E-state index in [4.69, 9.17) is 16.6 Å². The third-order valence-corrected chi connectivity index (χ3v) is 13.8. The van der Waals surface area contributed by atoms with Gasteiger partial charge in [-0.15, -0.1) is 0 Å². The SMILES string of the molecule is C=S(C)(=O)Nc1nn(C)c2c(-c3ccc(C#CC(C)(C)S(=O)(=O)C4CC4)nc3[C@H](Cc3cc(F)cc(F)c3)NC(=O)Cn3cc(C(F)(F)F)nc3C3CC3)ccc(Cl)c12. The highest BCUT2D eigenvalue weighted by Crippen LogP contribution is 2.42. The van der Waals surface area contributed by atoms with Crippen molar-refractivity contribution in [2.75, 3.05) is 11.0 Å². The number of rotatable bonds is 12. The summed E-state index contributed by atoms with van der Waals surface area (Å²) in [4.78, 5) is 22.6. The van der Waals surface area contributed by atoms with E-state index < -0.39 is 71.5 Å². The molecule has 2 aliphatic carbocycles. The van der Waals surface area contributed by atoms with E-state index in [1.54, 1.807) is 31.3 Å². The van der Waals surface area contributed by atoms with E-state index in [0.29, 0.717) is 53.8 Å². The van der Waals surface area contributed by atoms with Gasteiger partial charge in [-0.2, -0.15) is 18.3 Å². The molecule has 2 atom stereocenters. The summed E-state index contributed by atoms with van der Waals surface area (Å²) in [6.45, 7) is 2.42. The molecule has 0 aliphatic heterocycles. The van der Waals surface area contributed by atoms with Crippen molar-refractivity contribution in [3.05, 3.63) is 93.8 Å². The highest BCUT2D eigenvalue weighted by atomic mass is 35.5. The monoisotopic (exact) mass is 875 g/mol. The van der Waals surface area contributed by atoms with Crippen LogP contribution in [0.25, 0.3) is 22.0 Å². The molecular formula is C40H39ClF5N7O4S2. The van der Waals surface area contributed by atoms with Crippen LogP contribution in [-0.2, 0) is 50.5 Å². The number of anilines is 1. The van der Waals surface area contributed by atoms with Crippen LogP contribution in [0.3, 0.4) is 0 Å². The van der Waals surface area contributed by atoms with E-state index in [1.807, 2.05) is 0 Å². The fraction of sp³-hybridized carbons (Fsp3) is 0.375. The van der Waals surface area contributed by atoms with Gasteiger partial charge >= 0.3 is 6.18 Å². The molecule has 11 nitrogen and oxygen atoms in total. The van der Waals surface area contributed by atoms with E-state index in [2.05, 4.69) is 37.8 Å². The fourth-order valence-electron chi connectivity index (χ4n) is 6.93. The molecule has 59 heavy (non-hydrogen) atoms. The summed E-state index contributed by atoms with van der Waals surface area (Å²) >= 11 is 6.70. The standard InChI is InChI=1S/C40H39ClF5N7O4S2/c1-39(2,59(56,57)27-9-10-27)15-14-26-8-11-28(29-12-13-30(41)34-36(29)52(3)50-37(34)51-58(4,5)55)35(47-26)31(18-22-16-24(42)19-25(43)17-22)48-33(54)21-53-20-32(40(44,45)46)49-38(53)23-6-7-23/h8,11-13,16-17,19-20,23,27,31H,4,6-7,9-10,18,21H2,1-3,5H3,(H,48,54)(H,50,51,55)/t31-,58?/m0/s1. The van der Waals surface area contributed by atoms with Gasteiger partial charge in [-0.05, 0) is 93.6 Å². The summed E-state index contributed by atoms with van der Waals surface area (Å²) in [7, 11) is -4.84. The first-order chi connectivity index (χ1) is 27.5. The quantitative estimate of drug-likeness (QED) is 0.0772. The maximum absolute atomic E-state index is 14.6. The van der Waals surface area contributed by atoms with Crippen LogP contribution in [0.2, 0.25) is 5.02 Å². The Balaban J connectivity index is 1.40. The molecule has 2 aromatic carbocycles. The highest BCUT2D eigenvalue weighted by Gasteiger charge is 2.45. The van der Waals surface area contributed by atoms with E-state index in [9.17, 15) is 39.4 Å². The number of fused-ring (bicyclic) bond motifs is 1. The minimum Gasteiger partial charge on any atom is -0.346 e. The number of imidazole rings is 1. The van der Waals surface area contributed by atoms with Crippen LogP contribution in [0.5, 0.6) is 0 Å². The molecule has 2 N–H and O–H groups in total. The van der Waals surface area contributed by atoms with Crippen molar-refractivity contribution in [1.82, 2.24) is 29.6 Å². The molecular weight excluding hydrogens is 837 g/mol. The van der Waals surface area contributed by atoms with Crippen LogP contribution < -0.4 is 10.0 Å². The number of nitrogens with zero attached hydrogens (tertiary/aromatic N) is 5. The lowest BCUT2D eigenvalue weighted by Crippen LogP contribution is -2.34. The second-order valence-electron chi connectivity index (χ2n) is 15.5. The number of alkyl halides is 3. The molecule has 2 aliphatic rings. The smallest absolute Gasteiger partial charge is 0.346 e. The largest absolute Gasteiger partial charge is 0.434 e. The lowest BCUT2D eigenvalue weighted by atomic mass is 9.93. The Kier molecular flexibility index (Phi) is 10.9. The molecule has 312 valence electrons. The molecule has 0 saturated heterocycles. The van der Waals surface area contributed by atoms with Crippen molar-refractivity contribution in [2.24, 2.45) is 7.05 Å². The maximum atomic E-state index is 14.6. The Hall–Kier alpha value is -4.99. The summed E-state index contributed by atoms with van der Waals surface area (Å²) < 4.78 is 114. The number of aromatic nitrogens is 5. The number of nitrogens with one attached hydrogen (secondary N) is 2. The van der Waals surface area contributed by atoms with Gasteiger partial charge in [0.2, 0.25) is 5.91 Å². The molecule has 0 spiro atoms. The number of halogens is 6.